The number of alkyl carbamates (subject to hydrolysis) is 2. The van der Waals surface area contributed by atoms with Gasteiger partial charge in [-0.2, -0.15) is 0 Å². The summed E-state index contributed by atoms with van der Waals surface area (Å²) in [5.74, 6) is -1.11. The zero-order chi connectivity index (χ0) is 40.4. The molecule has 0 radical (unpaired) electrons. The van der Waals surface area contributed by atoms with Gasteiger partial charge in [0.2, 0.25) is 0 Å². The quantitative estimate of drug-likeness (QED) is 0.0447. The number of carbonyl (C=O) groups excluding carboxylic acids is 4. The molecule has 0 aromatic heterocycles. The first-order chi connectivity index (χ1) is 27.5. The fourth-order valence-electron chi connectivity index (χ4n) is 7.25. The Morgan fingerprint density at radius 3 is 1.70 bits per heavy atom. The lowest BCUT2D eigenvalue weighted by Gasteiger charge is -2.36. The van der Waals surface area contributed by atoms with Gasteiger partial charge in [-0.05, 0) is 74.4 Å². The second-order valence-electron chi connectivity index (χ2n) is 14.9. The third kappa shape index (κ3) is 9.52. The Morgan fingerprint density at radius 1 is 0.632 bits per heavy atom. The van der Waals surface area contributed by atoms with Crippen molar-refractivity contribution in [2.45, 2.75) is 63.2 Å². The predicted molar refractivity (Wildman–Crippen MR) is 219 cm³/mol. The van der Waals surface area contributed by atoms with Gasteiger partial charge in [0.25, 0.3) is 5.91 Å². The first kappa shape index (κ1) is 40.2. The van der Waals surface area contributed by atoms with Gasteiger partial charge in [0.05, 0.1) is 0 Å². The molecular weight excluding hydrogens is 719 g/mol. The Labute approximate surface area is 333 Å². The molecule has 294 valence electrons. The highest BCUT2D eigenvalue weighted by Gasteiger charge is 2.42. The Bertz CT molecular complexity index is 2080. The van der Waals surface area contributed by atoms with E-state index in [-0.39, 0.29) is 24.9 Å². The number of hydrogen-bond acceptors (Lipinski definition) is 7. The molecule has 10 heteroatoms. The maximum absolute atomic E-state index is 14.7. The number of fused-ring (bicyclic) bond motifs is 3. The van der Waals surface area contributed by atoms with E-state index in [1.165, 1.54) is 0 Å². The van der Waals surface area contributed by atoms with Crippen LogP contribution < -0.4 is 16.0 Å². The molecule has 0 aliphatic heterocycles. The van der Waals surface area contributed by atoms with Crippen molar-refractivity contribution >= 4 is 24.1 Å². The number of unbranched alkanes of at least 4 members (excludes halogenated alkanes) is 1. The lowest BCUT2D eigenvalue weighted by molar-refractivity contribution is -0.156. The summed E-state index contributed by atoms with van der Waals surface area (Å²) >= 11 is 0. The van der Waals surface area contributed by atoms with Gasteiger partial charge in [-0.3, -0.25) is 4.79 Å². The van der Waals surface area contributed by atoms with Gasteiger partial charge >= 0.3 is 18.2 Å². The van der Waals surface area contributed by atoms with Crippen LogP contribution in [-0.2, 0) is 24.6 Å². The molecule has 1 aliphatic carbocycles. The lowest BCUT2D eigenvalue weighted by atomic mass is 9.79. The first-order valence-electron chi connectivity index (χ1n) is 19.2. The van der Waals surface area contributed by atoms with Gasteiger partial charge in [0.15, 0.2) is 5.60 Å². The third-order valence-electron chi connectivity index (χ3n) is 9.90. The van der Waals surface area contributed by atoms with Crippen LogP contribution in [0.2, 0.25) is 0 Å². The van der Waals surface area contributed by atoms with Crippen LogP contribution in [0, 0.1) is 0 Å². The Hall–Kier alpha value is -6.42. The molecule has 0 saturated carbocycles. The minimum Gasteiger partial charge on any atom is -0.449 e. The van der Waals surface area contributed by atoms with E-state index in [4.69, 9.17) is 14.2 Å². The van der Waals surface area contributed by atoms with Crippen molar-refractivity contribution in [1.29, 1.82) is 0 Å². The van der Waals surface area contributed by atoms with E-state index in [0.29, 0.717) is 41.6 Å². The van der Waals surface area contributed by atoms with Crippen LogP contribution in [-0.4, -0.2) is 55.9 Å². The van der Waals surface area contributed by atoms with E-state index < -0.39 is 35.4 Å². The van der Waals surface area contributed by atoms with Crippen LogP contribution in [0.15, 0.2) is 133 Å². The number of esters is 1. The van der Waals surface area contributed by atoms with Crippen molar-refractivity contribution in [2.75, 3.05) is 20.2 Å². The number of hydrogen-bond donors (Lipinski definition) is 3. The molecule has 6 rings (SSSR count). The second-order valence-corrected chi connectivity index (χ2v) is 14.9. The van der Waals surface area contributed by atoms with E-state index in [1.54, 1.807) is 52.1 Å². The monoisotopic (exact) mass is 767 g/mol. The summed E-state index contributed by atoms with van der Waals surface area (Å²) < 4.78 is 18.0. The van der Waals surface area contributed by atoms with Crippen LogP contribution in [0.25, 0.3) is 11.1 Å². The molecule has 5 aromatic rings. The molecule has 1 aliphatic rings. The maximum Gasteiger partial charge on any atom is 0.407 e. The van der Waals surface area contributed by atoms with Crippen LogP contribution in [0.3, 0.4) is 0 Å². The summed E-state index contributed by atoms with van der Waals surface area (Å²) in [5.41, 5.74) is 4.60. The van der Waals surface area contributed by atoms with E-state index in [2.05, 4.69) is 28.1 Å². The fraction of sp³-hybridized carbons (Fsp3) is 0.277. The molecule has 10 nitrogen and oxygen atoms in total. The highest BCUT2D eigenvalue weighted by atomic mass is 16.6. The van der Waals surface area contributed by atoms with Gasteiger partial charge in [-0.15, -0.1) is 0 Å². The zero-order valence-electron chi connectivity index (χ0n) is 32.7. The summed E-state index contributed by atoms with van der Waals surface area (Å²) in [4.78, 5) is 53.2. The molecular formula is C47H49N3O7. The van der Waals surface area contributed by atoms with Crippen LogP contribution in [0.4, 0.5) is 9.59 Å². The number of ether oxygens (including phenoxy) is 3. The lowest BCUT2D eigenvalue weighted by Crippen LogP contribution is -2.46. The van der Waals surface area contributed by atoms with Crippen molar-refractivity contribution in [3.63, 3.8) is 0 Å². The second kappa shape index (κ2) is 18.0. The normalized spacial score (nSPS) is 12.7. The van der Waals surface area contributed by atoms with E-state index >= 15 is 0 Å². The molecule has 0 saturated heterocycles. The SMILES string of the molecule is CNC(=O)c1ccc(C(OC(=O)[C@@H](CCCCNC(=O)OC(C)(C)C)NC(=O)OCC2c3ccccc3-c3ccccc32)(c2ccccc2)c2ccccc2)cc1. The third-order valence-corrected chi connectivity index (χ3v) is 9.90. The van der Waals surface area contributed by atoms with Crippen molar-refractivity contribution < 1.29 is 33.4 Å². The van der Waals surface area contributed by atoms with Crippen molar-refractivity contribution in [3.8, 4) is 11.1 Å². The molecule has 5 aromatic carbocycles. The van der Waals surface area contributed by atoms with Gasteiger partial charge in [0.1, 0.15) is 18.2 Å². The zero-order valence-corrected chi connectivity index (χ0v) is 32.7. The van der Waals surface area contributed by atoms with Crippen LogP contribution in [0.5, 0.6) is 0 Å². The summed E-state index contributed by atoms with van der Waals surface area (Å²) in [6.07, 6.45) is -0.157. The number of benzene rings is 5. The molecule has 3 N–H and O–H groups in total. The standard InChI is InChI=1S/C47H49N3O7/c1-46(2,3)57-44(53)49-30-16-15-25-41(50-45(54)55-31-40-38-23-13-11-21-36(38)37-22-12-14-24-39(37)40)43(52)56-47(33-17-7-5-8-18-33,34-19-9-6-10-20-34)35-28-26-32(27-29-35)42(51)48-4/h5-14,17-24,26-29,40-41H,15-16,25,30-31H2,1-4H3,(H,48,51)(H,49,53)(H,50,54)/t41-/m1/s1. The van der Waals surface area contributed by atoms with Crippen molar-refractivity contribution in [2.24, 2.45) is 0 Å². The van der Waals surface area contributed by atoms with Crippen LogP contribution >= 0.6 is 0 Å². The molecule has 0 fully saturated rings. The summed E-state index contributed by atoms with van der Waals surface area (Å²) in [6.45, 7) is 5.74. The molecule has 0 bridgehead atoms. The Morgan fingerprint density at radius 2 is 1.16 bits per heavy atom. The number of amides is 3. The van der Waals surface area contributed by atoms with E-state index in [1.807, 2.05) is 97.1 Å². The number of carbonyl (C=O) groups is 4. The van der Waals surface area contributed by atoms with Gasteiger partial charge in [-0.1, -0.05) is 121 Å². The summed E-state index contributed by atoms with van der Waals surface area (Å²) in [7, 11) is 1.56. The first-order valence-corrected chi connectivity index (χ1v) is 19.2. The van der Waals surface area contributed by atoms with Gasteiger partial charge in [-0.25, -0.2) is 14.4 Å². The van der Waals surface area contributed by atoms with Gasteiger partial charge in [0, 0.05) is 41.8 Å². The fourth-order valence-corrected chi connectivity index (χ4v) is 7.25. The largest absolute Gasteiger partial charge is 0.449 e. The molecule has 1 atom stereocenters. The molecule has 0 spiro atoms. The molecule has 57 heavy (non-hydrogen) atoms. The highest BCUT2D eigenvalue weighted by Crippen LogP contribution is 2.45. The molecule has 0 heterocycles. The molecule has 0 unspecified atom stereocenters. The van der Waals surface area contributed by atoms with Crippen molar-refractivity contribution in [3.05, 3.63) is 167 Å². The summed E-state index contributed by atoms with van der Waals surface area (Å²) in [5, 5.41) is 8.22. The maximum atomic E-state index is 14.7. The Balaban J connectivity index is 1.28. The average molecular weight is 768 g/mol. The van der Waals surface area contributed by atoms with Crippen LogP contribution in [0.1, 0.15) is 84.1 Å². The predicted octanol–water partition coefficient (Wildman–Crippen LogP) is 8.48. The number of rotatable bonds is 14. The minimum atomic E-state index is -1.47. The average Bonchev–Trinajstić information content (AvgIpc) is 3.54. The van der Waals surface area contributed by atoms with E-state index in [0.717, 1.165) is 22.3 Å². The number of nitrogens with one attached hydrogen (secondary N) is 3. The van der Waals surface area contributed by atoms with Gasteiger partial charge < -0.3 is 30.2 Å². The topological polar surface area (TPSA) is 132 Å². The van der Waals surface area contributed by atoms with E-state index in [9.17, 15) is 19.2 Å². The minimum absolute atomic E-state index is 0.0666. The smallest absolute Gasteiger partial charge is 0.407 e. The summed E-state index contributed by atoms with van der Waals surface area (Å²) in [6, 6.07) is 40.7. The Kier molecular flexibility index (Phi) is 12.7. The highest BCUT2D eigenvalue weighted by molar-refractivity contribution is 5.94. The molecule has 3 amide bonds. The van der Waals surface area contributed by atoms with Crippen molar-refractivity contribution in [1.82, 2.24) is 16.0 Å².